The summed E-state index contributed by atoms with van der Waals surface area (Å²) < 4.78 is 2.00. The Bertz CT molecular complexity index is 1080. The van der Waals surface area contributed by atoms with Crippen molar-refractivity contribution < 1.29 is 9.59 Å². The highest BCUT2D eigenvalue weighted by Crippen LogP contribution is 2.17. The number of carbonyl (C=O) groups is 2. The summed E-state index contributed by atoms with van der Waals surface area (Å²) in [6, 6.07) is 13.7. The fourth-order valence-corrected chi connectivity index (χ4v) is 4.08. The summed E-state index contributed by atoms with van der Waals surface area (Å²) in [6.45, 7) is 10.4. The SMILES string of the molecule is CCCN(CCC)C(=O)Cn1c(CCNC(=O)c2ccc(C)cc2C)nc2ccccc21. The monoisotopic (exact) mass is 434 g/mol. The van der Waals surface area contributed by atoms with Crippen LogP contribution in [0.25, 0.3) is 11.0 Å². The fraction of sp³-hybridized carbons (Fsp3) is 0.423. The van der Waals surface area contributed by atoms with Crippen LogP contribution in [0.1, 0.15) is 54.0 Å². The van der Waals surface area contributed by atoms with Gasteiger partial charge in [-0.15, -0.1) is 0 Å². The summed E-state index contributed by atoms with van der Waals surface area (Å²) in [5.41, 5.74) is 4.61. The number of fused-ring (bicyclic) bond motifs is 1. The average Bonchev–Trinajstić information content (AvgIpc) is 3.10. The summed E-state index contributed by atoms with van der Waals surface area (Å²) in [5.74, 6) is 0.837. The van der Waals surface area contributed by atoms with Gasteiger partial charge in [0.2, 0.25) is 5.91 Å². The van der Waals surface area contributed by atoms with E-state index in [1.165, 1.54) is 0 Å². The van der Waals surface area contributed by atoms with Gasteiger partial charge in [0.15, 0.2) is 0 Å². The van der Waals surface area contributed by atoms with Crippen molar-refractivity contribution in [3.63, 3.8) is 0 Å². The zero-order valence-corrected chi connectivity index (χ0v) is 19.6. The van der Waals surface area contributed by atoms with Crippen LogP contribution in [0.3, 0.4) is 0 Å². The van der Waals surface area contributed by atoms with Gasteiger partial charge in [0.25, 0.3) is 5.91 Å². The molecule has 2 aromatic carbocycles. The Kier molecular flexibility index (Phi) is 8.03. The second-order valence-electron chi connectivity index (χ2n) is 8.31. The molecule has 0 aliphatic carbocycles. The number of hydrogen-bond acceptors (Lipinski definition) is 3. The van der Waals surface area contributed by atoms with Gasteiger partial charge in [-0.2, -0.15) is 0 Å². The average molecular weight is 435 g/mol. The topological polar surface area (TPSA) is 67.2 Å². The maximum absolute atomic E-state index is 13.0. The molecular weight excluding hydrogens is 400 g/mol. The van der Waals surface area contributed by atoms with E-state index in [-0.39, 0.29) is 18.4 Å². The number of carbonyl (C=O) groups excluding carboxylic acids is 2. The Morgan fingerprint density at radius 1 is 1.03 bits per heavy atom. The smallest absolute Gasteiger partial charge is 0.251 e. The number of hydrogen-bond donors (Lipinski definition) is 1. The number of aryl methyl sites for hydroxylation is 2. The van der Waals surface area contributed by atoms with E-state index >= 15 is 0 Å². The summed E-state index contributed by atoms with van der Waals surface area (Å²) >= 11 is 0. The molecular formula is C26H34N4O2. The largest absolute Gasteiger partial charge is 0.352 e. The highest BCUT2D eigenvalue weighted by Gasteiger charge is 2.18. The van der Waals surface area contributed by atoms with Gasteiger partial charge in [0, 0.05) is 31.6 Å². The van der Waals surface area contributed by atoms with Crippen molar-refractivity contribution in [1.82, 2.24) is 19.8 Å². The Labute approximate surface area is 190 Å². The fourth-order valence-electron chi connectivity index (χ4n) is 4.08. The van der Waals surface area contributed by atoms with Crippen molar-refractivity contribution in [1.29, 1.82) is 0 Å². The van der Waals surface area contributed by atoms with Gasteiger partial charge in [-0.1, -0.05) is 43.7 Å². The minimum atomic E-state index is -0.0849. The number of para-hydroxylation sites is 2. The molecule has 32 heavy (non-hydrogen) atoms. The van der Waals surface area contributed by atoms with E-state index in [2.05, 4.69) is 19.2 Å². The van der Waals surface area contributed by atoms with Crippen LogP contribution < -0.4 is 5.32 Å². The maximum Gasteiger partial charge on any atom is 0.251 e. The second kappa shape index (κ2) is 10.9. The molecule has 3 aromatic rings. The molecule has 6 nitrogen and oxygen atoms in total. The van der Waals surface area contributed by atoms with Crippen molar-refractivity contribution in [3.8, 4) is 0 Å². The minimum Gasteiger partial charge on any atom is -0.352 e. The Balaban J connectivity index is 1.75. The molecule has 0 unspecified atom stereocenters. The molecule has 0 aliphatic rings. The molecule has 0 saturated heterocycles. The number of benzene rings is 2. The summed E-state index contributed by atoms with van der Waals surface area (Å²) in [4.78, 5) is 32.3. The third-order valence-electron chi connectivity index (χ3n) is 5.63. The molecule has 1 aromatic heterocycles. The first-order valence-electron chi connectivity index (χ1n) is 11.5. The normalized spacial score (nSPS) is 11.0. The molecule has 0 spiro atoms. The van der Waals surface area contributed by atoms with Crippen LogP contribution in [0.5, 0.6) is 0 Å². The van der Waals surface area contributed by atoms with Crippen molar-refractivity contribution >= 4 is 22.8 Å². The van der Waals surface area contributed by atoms with E-state index < -0.39 is 0 Å². The van der Waals surface area contributed by atoms with Crippen molar-refractivity contribution in [2.45, 2.75) is 53.5 Å². The number of amides is 2. The van der Waals surface area contributed by atoms with Gasteiger partial charge in [-0.05, 0) is 50.5 Å². The van der Waals surface area contributed by atoms with E-state index in [1.54, 1.807) is 0 Å². The zero-order valence-electron chi connectivity index (χ0n) is 19.6. The van der Waals surface area contributed by atoms with E-state index in [1.807, 2.05) is 65.8 Å². The van der Waals surface area contributed by atoms with E-state index in [4.69, 9.17) is 4.98 Å². The first-order chi connectivity index (χ1) is 15.4. The highest BCUT2D eigenvalue weighted by molar-refractivity contribution is 5.95. The molecule has 0 fully saturated rings. The summed E-state index contributed by atoms with van der Waals surface area (Å²) in [6.07, 6.45) is 2.43. The molecule has 170 valence electrons. The summed E-state index contributed by atoms with van der Waals surface area (Å²) in [7, 11) is 0. The predicted octanol–water partition coefficient (Wildman–Crippen LogP) is 4.27. The molecule has 1 N–H and O–H groups in total. The first-order valence-corrected chi connectivity index (χ1v) is 11.5. The minimum absolute atomic E-state index is 0.0849. The van der Waals surface area contributed by atoms with E-state index in [0.717, 1.165) is 53.9 Å². The number of nitrogens with zero attached hydrogens (tertiary/aromatic N) is 3. The first kappa shape index (κ1) is 23.5. The van der Waals surface area contributed by atoms with Gasteiger partial charge >= 0.3 is 0 Å². The van der Waals surface area contributed by atoms with Gasteiger partial charge < -0.3 is 14.8 Å². The standard InChI is InChI=1S/C26H34N4O2/c1-5-15-29(16-6-2)25(31)18-30-23-10-8-7-9-22(23)28-24(30)13-14-27-26(32)21-12-11-19(3)17-20(21)4/h7-12,17H,5-6,13-16,18H2,1-4H3,(H,27,32). The quantitative estimate of drug-likeness (QED) is 0.518. The Morgan fingerprint density at radius 3 is 2.44 bits per heavy atom. The molecule has 0 saturated carbocycles. The van der Waals surface area contributed by atoms with Crippen molar-refractivity contribution in [2.24, 2.45) is 0 Å². The van der Waals surface area contributed by atoms with Crippen molar-refractivity contribution in [3.05, 3.63) is 65.0 Å². The predicted molar refractivity (Wildman–Crippen MR) is 129 cm³/mol. The third kappa shape index (κ3) is 5.55. The van der Waals surface area contributed by atoms with Crippen LogP contribution in [0, 0.1) is 13.8 Å². The van der Waals surface area contributed by atoms with Gasteiger partial charge in [-0.3, -0.25) is 9.59 Å². The lowest BCUT2D eigenvalue weighted by Crippen LogP contribution is -2.35. The lowest BCUT2D eigenvalue weighted by molar-refractivity contribution is -0.131. The number of nitrogens with one attached hydrogen (secondary N) is 1. The maximum atomic E-state index is 13.0. The Hall–Kier alpha value is -3.15. The lowest BCUT2D eigenvalue weighted by atomic mass is 10.1. The van der Waals surface area contributed by atoms with Gasteiger partial charge in [0.1, 0.15) is 12.4 Å². The number of imidazole rings is 1. The molecule has 0 radical (unpaired) electrons. The van der Waals surface area contributed by atoms with E-state index in [0.29, 0.717) is 18.5 Å². The zero-order chi connectivity index (χ0) is 23.1. The summed E-state index contributed by atoms with van der Waals surface area (Å²) in [5, 5.41) is 3.01. The number of rotatable bonds is 10. The third-order valence-corrected chi connectivity index (χ3v) is 5.63. The van der Waals surface area contributed by atoms with Gasteiger partial charge in [0.05, 0.1) is 11.0 Å². The van der Waals surface area contributed by atoms with E-state index in [9.17, 15) is 9.59 Å². The van der Waals surface area contributed by atoms with Crippen LogP contribution in [0.4, 0.5) is 0 Å². The van der Waals surface area contributed by atoms with Crippen LogP contribution in [-0.4, -0.2) is 45.9 Å². The molecule has 0 bridgehead atoms. The highest BCUT2D eigenvalue weighted by atomic mass is 16.2. The van der Waals surface area contributed by atoms with Crippen LogP contribution in [0.2, 0.25) is 0 Å². The van der Waals surface area contributed by atoms with Crippen LogP contribution in [0.15, 0.2) is 42.5 Å². The molecule has 3 rings (SSSR count). The molecule has 1 heterocycles. The second-order valence-corrected chi connectivity index (χ2v) is 8.31. The molecule has 2 amide bonds. The molecule has 6 heteroatoms. The van der Waals surface area contributed by atoms with Crippen LogP contribution in [-0.2, 0) is 17.8 Å². The van der Waals surface area contributed by atoms with Crippen LogP contribution >= 0.6 is 0 Å². The molecule has 0 atom stereocenters. The van der Waals surface area contributed by atoms with Gasteiger partial charge in [-0.25, -0.2) is 4.98 Å². The number of aromatic nitrogens is 2. The molecule has 0 aliphatic heterocycles. The lowest BCUT2D eigenvalue weighted by Gasteiger charge is -2.22. The van der Waals surface area contributed by atoms with Crippen molar-refractivity contribution in [2.75, 3.05) is 19.6 Å². The Morgan fingerprint density at radius 2 is 1.75 bits per heavy atom.